The summed E-state index contributed by atoms with van der Waals surface area (Å²) in [5.41, 5.74) is 0. The van der Waals surface area contributed by atoms with Crippen molar-refractivity contribution in [3.63, 3.8) is 0 Å². The highest BCUT2D eigenvalue weighted by molar-refractivity contribution is 7.46. The Morgan fingerprint density at radius 3 is 2.11 bits per heavy atom. The highest BCUT2D eigenvalue weighted by atomic mass is 31.2. The van der Waals surface area contributed by atoms with E-state index in [0.29, 0.717) is 32.1 Å². The number of unbranched alkanes of at least 4 members (excludes halogenated alkanes) is 8. The molecule has 1 rings (SSSR count). The zero-order chi connectivity index (χ0) is 39.2. The van der Waals surface area contributed by atoms with Gasteiger partial charge in [0, 0.05) is 25.2 Å². The van der Waals surface area contributed by atoms with Crippen LogP contribution in [0.2, 0.25) is 0 Å². The first kappa shape index (κ1) is 48.6. The molecule has 0 aromatic rings. The minimum absolute atomic E-state index is 0.0283. The van der Waals surface area contributed by atoms with Crippen LogP contribution in [0.3, 0.4) is 0 Å². The predicted octanol–water partition coefficient (Wildman–Crippen LogP) is 8.11. The van der Waals surface area contributed by atoms with Crippen LogP contribution < -0.4 is 0 Å². The molecule has 0 heterocycles. The maximum Gasteiger partial charge on any atom is 0.469 e. The third kappa shape index (κ3) is 27.0. The number of phosphoric acid groups is 1. The van der Waals surface area contributed by atoms with E-state index in [1.807, 2.05) is 18.2 Å². The molecule has 6 atom stereocenters. The van der Waals surface area contributed by atoms with Gasteiger partial charge in [0.25, 0.3) is 0 Å². The third-order valence-corrected chi connectivity index (χ3v) is 9.58. The number of allylic oxidation sites excluding steroid dienone is 8. The van der Waals surface area contributed by atoms with E-state index in [-0.39, 0.29) is 37.7 Å². The number of phosphoric ester groups is 1. The molecule has 1 aliphatic rings. The second-order valence-electron chi connectivity index (χ2n) is 13.8. The van der Waals surface area contributed by atoms with Crippen LogP contribution in [0, 0.1) is 11.8 Å². The van der Waals surface area contributed by atoms with E-state index in [9.17, 15) is 29.5 Å². The SMILES string of the molecule is CC/C=C\C/C=C\C/C=C\CCCCCCCC(=O)OC[C@H](COP(=O)(O)O)OC(=O)CCC/C=C/C[C@@H]1[C@@H](/C=C/[C@@H](O)CCCCC)[C@H](O)C[C@@H]1O. The van der Waals surface area contributed by atoms with E-state index in [0.717, 1.165) is 70.6 Å². The Balaban J connectivity index is 2.34. The van der Waals surface area contributed by atoms with Crippen LogP contribution in [0.4, 0.5) is 0 Å². The van der Waals surface area contributed by atoms with Crippen LogP contribution in [0.5, 0.6) is 0 Å². The molecule has 0 unspecified atom stereocenters. The Hall–Kier alpha value is -2.37. The van der Waals surface area contributed by atoms with Gasteiger partial charge in [-0.05, 0) is 70.1 Å². The van der Waals surface area contributed by atoms with E-state index < -0.39 is 50.8 Å². The maximum absolute atomic E-state index is 12.5. The van der Waals surface area contributed by atoms with Crippen LogP contribution in [0.15, 0.2) is 60.8 Å². The normalized spacial score (nSPS) is 20.8. The first-order chi connectivity index (χ1) is 25.5. The molecule has 304 valence electrons. The number of aliphatic hydroxyl groups excluding tert-OH is 3. The topological polar surface area (TPSA) is 180 Å². The van der Waals surface area contributed by atoms with Gasteiger partial charge >= 0.3 is 19.8 Å². The molecule has 0 amide bonds. The van der Waals surface area contributed by atoms with E-state index in [1.54, 1.807) is 6.08 Å². The minimum atomic E-state index is -4.83. The Kier molecular flexibility index (Phi) is 28.4. The summed E-state index contributed by atoms with van der Waals surface area (Å²) < 4.78 is 26.3. The van der Waals surface area contributed by atoms with Crippen molar-refractivity contribution < 1.29 is 53.3 Å². The number of carbonyl (C=O) groups is 2. The Morgan fingerprint density at radius 1 is 0.755 bits per heavy atom. The van der Waals surface area contributed by atoms with Crippen LogP contribution in [-0.2, 0) is 28.2 Å². The summed E-state index contributed by atoms with van der Waals surface area (Å²) in [6.45, 7) is 3.24. The lowest BCUT2D eigenvalue weighted by molar-refractivity contribution is -0.161. The van der Waals surface area contributed by atoms with Crippen molar-refractivity contribution in [2.75, 3.05) is 13.2 Å². The zero-order valence-electron chi connectivity index (χ0n) is 32.2. The fraction of sp³-hybridized carbons (Fsp3) is 0.707. The molecule has 1 fully saturated rings. The molecule has 0 saturated heterocycles. The quantitative estimate of drug-likeness (QED) is 0.0199. The number of hydrogen-bond acceptors (Lipinski definition) is 9. The number of rotatable bonds is 31. The van der Waals surface area contributed by atoms with Crippen LogP contribution >= 0.6 is 7.82 Å². The molecule has 1 aliphatic carbocycles. The lowest BCUT2D eigenvalue weighted by atomic mass is 9.89. The summed E-state index contributed by atoms with van der Waals surface area (Å²) in [6, 6.07) is 0. The fourth-order valence-corrected chi connectivity index (χ4v) is 6.45. The molecule has 53 heavy (non-hydrogen) atoms. The molecule has 12 heteroatoms. The van der Waals surface area contributed by atoms with E-state index in [4.69, 9.17) is 19.3 Å². The minimum Gasteiger partial charge on any atom is -0.462 e. The molecule has 5 N–H and O–H groups in total. The number of aliphatic hydroxyl groups is 3. The molecule has 0 aromatic carbocycles. The van der Waals surface area contributed by atoms with Crippen molar-refractivity contribution in [1.82, 2.24) is 0 Å². The highest BCUT2D eigenvalue weighted by Crippen LogP contribution is 2.37. The van der Waals surface area contributed by atoms with Crippen molar-refractivity contribution in [1.29, 1.82) is 0 Å². The molecule has 11 nitrogen and oxygen atoms in total. The molecule has 0 aliphatic heterocycles. The summed E-state index contributed by atoms with van der Waals surface area (Å²) in [7, 11) is -4.83. The van der Waals surface area contributed by atoms with Crippen LogP contribution in [0.25, 0.3) is 0 Å². The van der Waals surface area contributed by atoms with Gasteiger partial charge in [-0.25, -0.2) is 4.57 Å². The van der Waals surface area contributed by atoms with Gasteiger partial charge in [0.2, 0.25) is 0 Å². The summed E-state index contributed by atoms with van der Waals surface area (Å²) in [4.78, 5) is 43.0. The highest BCUT2D eigenvalue weighted by Gasteiger charge is 2.39. The maximum atomic E-state index is 12.5. The van der Waals surface area contributed by atoms with E-state index in [1.165, 1.54) is 0 Å². The van der Waals surface area contributed by atoms with Crippen molar-refractivity contribution >= 4 is 19.8 Å². The van der Waals surface area contributed by atoms with Gasteiger partial charge in [0.1, 0.15) is 6.61 Å². The molecule has 0 bridgehead atoms. The lowest BCUT2D eigenvalue weighted by Crippen LogP contribution is -2.29. The fourth-order valence-electron chi connectivity index (χ4n) is 6.09. The van der Waals surface area contributed by atoms with Gasteiger partial charge in [0.15, 0.2) is 6.10 Å². The smallest absolute Gasteiger partial charge is 0.462 e. The number of esters is 2. The molecular formula is C41H69O11P. The Morgan fingerprint density at radius 2 is 1.40 bits per heavy atom. The zero-order valence-corrected chi connectivity index (χ0v) is 33.1. The lowest BCUT2D eigenvalue weighted by Gasteiger charge is -2.19. The number of hydrogen-bond donors (Lipinski definition) is 5. The van der Waals surface area contributed by atoms with Crippen LogP contribution in [0.1, 0.15) is 136 Å². The average molecular weight is 769 g/mol. The van der Waals surface area contributed by atoms with Crippen molar-refractivity contribution in [3.8, 4) is 0 Å². The summed E-state index contributed by atoms with van der Waals surface area (Å²) in [6.07, 6.45) is 31.8. The first-order valence-corrected chi connectivity index (χ1v) is 21.4. The summed E-state index contributed by atoms with van der Waals surface area (Å²) in [5.74, 6) is -1.53. The standard InChI is InChI=1S/C41H69O11P/c1-3-5-7-8-9-10-11-12-13-14-15-16-17-18-23-27-40(45)50-32-35(33-51-53(47,48)49)52-41(46)28-24-20-19-22-26-36-37(39(44)31-38(36)43)30-29-34(42)25-21-6-4-2/h5,7,9-10,12-13,19,22,29-30,34-39,42-44H,3-4,6,8,11,14-18,20-21,23-28,31-33H2,1-2H3,(H2,47,48,49)/b7-5-,10-9-,13-12-,22-19+,30-29+/t34-,35+,36+,37+,38-,39+/m0/s1. The van der Waals surface area contributed by atoms with Crippen molar-refractivity contribution in [2.24, 2.45) is 11.8 Å². The molecular weight excluding hydrogens is 699 g/mol. The number of ether oxygens (including phenoxy) is 2. The van der Waals surface area contributed by atoms with E-state index in [2.05, 4.69) is 54.8 Å². The van der Waals surface area contributed by atoms with Crippen molar-refractivity contribution in [3.05, 3.63) is 60.8 Å². The van der Waals surface area contributed by atoms with Gasteiger partial charge < -0.3 is 34.6 Å². The second kappa shape index (κ2) is 30.9. The average Bonchev–Trinajstić information content (AvgIpc) is 3.38. The van der Waals surface area contributed by atoms with Gasteiger partial charge in [-0.1, -0.05) is 113 Å². The first-order valence-electron chi connectivity index (χ1n) is 19.8. The molecule has 0 aromatic heterocycles. The van der Waals surface area contributed by atoms with E-state index >= 15 is 0 Å². The monoisotopic (exact) mass is 768 g/mol. The summed E-state index contributed by atoms with van der Waals surface area (Å²) in [5, 5.41) is 31.2. The molecule has 0 spiro atoms. The van der Waals surface area contributed by atoms with Gasteiger partial charge in [-0.15, -0.1) is 0 Å². The third-order valence-electron chi connectivity index (χ3n) is 9.09. The second-order valence-corrected chi connectivity index (χ2v) is 15.1. The van der Waals surface area contributed by atoms with Gasteiger partial charge in [-0.2, -0.15) is 0 Å². The molecule has 0 radical (unpaired) electrons. The molecule has 1 saturated carbocycles. The van der Waals surface area contributed by atoms with Gasteiger partial charge in [0.05, 0.1) is 24.9 Å². The largest absolute Gasteiger partial charge is 0.469 e. The Labute approximate surface area is 318 Å². The Bertz CT molecular complexity index is 1160. The van der Waals surface area contributed by atoms with Crippen LogP contribution in [-0.4, -0.2) is 74.7 Å². The summed E-state index contributed by atoms with van der Waals surface area (Å²) >= 11 is 0. The van der Waals surface area contributed by atoms with Gasteiger partial charge in [-0.3, -0.25) is 14.1 Å². The predicted molar refractivity (Wildman–Crippen MR) is 209 cm³/mol. The number of carbonyl (C=O) groups excluding carboxylic acids is 2. The van der Waals surface area contributed by atoms with Crippen molar-refractivity contribution in [2.45, 2.75) is 160 Å².